The zero-order valence-electron chi connectivity index (χ0n) is 31.9. The Bertz CT molecular complexity index is 816. The third-order valence-corrected chi connectivity index (χ3v) is 10.5. The normalized spacial score (nSPS) is 13.3. The standard InChI is InChI=1S/C41H81NO5S/c1-3-5-7-9-11-13-15-17-19-20-21-23-25-27-29-31-33-35-37-41(44)42-39(38-48(45,46)47)40(43)36-34-32-30-28-26-24-22-18-16-14-12-10-8-6-4-2/h34,36,39-40,43H,3-33,35,37-38H2,1-2H3,(H,42,44)(H,45,46,47)/b36-34+. The number of hydrogen-bond acceptors (Lipinski definition) is 4. The van der Waals surface area contributed by atoms with Crippen LogP contribution in [0.2, 0.25) is 0 Å². The van der Waals surface area contributed by atoms with E-state index in [0.29, 0.717) is 6.42 Å². The molecular weight excluding hydrogens is 619 g/mol. The molecule has 2 unspecified atom stereocenters. The van der Waals surface area contributed by atoms with Gasteiger partial charge in [-0.2, -0.15) is 8.42 Å². The number of aliphatic hydroxyl groups is 1. The number of aliphatic hydroxyl groups excluding tert-OH is 1. The quantitative estimate of drug-likeness (QED) is 0.0338. The molecule has 2 atom stereocenters. The average Bonchev–Trinajstić information content (AvgIpc) is 3.05. The minimum Gasteiger partial charge on any atom is -0.387 e. The van der Waals surface area contributed by atoms with Crippen molar-refractivity contribution in [3.63, 3.8) is 0 Å². The van der Waals surface area contributed by atoms with Crippen LogP contribution < -0.4 is 5.32 Å². The largest absolute Gasteiger partial charge is 0.387 e. The number of carbonyl (C=O) groups is 1. The summed E-state index contributed by atoms with van der Waals surface area (Å²) in [5, 5.41) is 13.2. The molecule has 0 fully saturated rings. The van der Waals surface area contributed by atoms with Crippen molar-refractivity contribution in [1.82, 2.24) is 5.32 Å². The molecule has 3 N–H and O–H groups in total. The van der Waals surface area contributed by atoms with Crippen molar-refractivity contribution in [2.75, 3.05) is 5.75 Å². The summed E-state index contributed by atoms with van der Waals surface area (Å²) in [7, 11) is -4.34. The summed E-state index contributed by atoms with van der Waals surface area (Å²) in [6.07, 6.45) is 43.4. The number of amides is 1. The van der Waals surface area contributed by atoms with E-state index in [1.807, 2.05) is 6.08 Å². The highest BCUT2D eigenvalue weighted by atomic mass is 32.2. The molecule has 0 heterocycles. The summed E-state index contributed by atoms with van der Waals surface area (Å²) >= 11 is 0. The highest BCUT2D eigenvalue weighted by Crippen LogP contribution is 2.16. The Kier molecular flexibility index (Phi) is 35.2. The fourth-order valence-corrected chi connectivity index (χ4v) is 7.30. The first kappa shape index (κ1) is 47.1. The lowest BCUT2D eigenvalue weighted by atomic mass is 10.0. The molecule has 0 aromatic rings. The van der Waals surface area contributed by atoms with Crippen molar-refractivity contribution in [1.29, 1.82) is 0 Å². The van der Waals surface area contributed by atoms with E-state index in [9.17, 15) is 22.9 Å². The number of hydrogen-bond donors (Lipinski definition) is 3. The molecule has 0 aliphatic rings. The van der Waals surface area contributed by atoms with Gasteiger partial charge in [0.2, 0.25) is 5.91 Å². The van der Waals surface area contributed by atoms with Gasteiger partial charge in [0, 0.05) is 6.42 Å². The average molecular weight is 700 g/mol. The Morgan fingerprint density at radius 3 is 1.19 bits per heavy atom. The second-order valence-corrected chi connectivity index (χ2v) is 16.1. The topological polar surface area (TPSA) is 104 Å². The number of carbonyl (C=O) groups excluding carboxylic acids is 1. The molecular formula is C41H81NO5S. The van der Waals surface area contributed by atoms with Crippen LogP contribution >= 0.6 is 0 Å². The molecule has 0 aliphatic carbocycles. The maximum absolute atomic E-state index is 12.5. The molecule has 0 saturated heterocycles. The van der Waals surface area contributed by atoms with Crippen LogP contribution in [0.4, 0.5) is 0 Å². The Balaban J connectivity index is 3.87. The molecule has 0 aromatic heterocycles. The lowest BCUT2D eigenvalue weighted by molar-refractivity contribution is -0.122. The van der Waals surface area contributed by atoms with Crippen molar-refractivity contribution in [2.24, 2.45) is 0 Å². The van der Waals surface area contributed by atoms with Gasteiger partial charge in [0.15, 0.2) is 0 Å². The van der Waals surface area contributed by atoms with Gasteiger partial charge in [-0.3, -0.25) is 9.35 Å². The number of unbranched alkanes of at least 4 members (excludes halogenated alkanes) is 30. The van der Waals surface area contributed by atoms with Crippen LogP contribution in [0.3, 0.4) is 0 Å². The summed E-state index contributed by atoms with van der Waals surface area (Å²) < 4.78 is 32.5. The lowest BCUT2D eigenvalue weighted by Gasteiger charge is -2.21. The van der Waals surface area contributed by atoms with Gasteiger partial charge in [-0.25, -0.2) is 0 Å². The van der Waals surface area contributed by atoms with E-state index >= 15 is 0 Å². The third-order valence-electron chi connectivity index (χ3n) is 9.71. The first-order valence-corrected chi connectivity index (χ1v) is 22.5. The monoisotopic (exact) mass is 700 g/mol. The van der Waals surface area contributed by atoms with Gasteiger partial charge in [0.25, 0.3) is 10.1 Å². The first-order valence-electron chi connectivity index (χ1n) is 20.9. The van der Waals surface area contributed by atoms with Gasteiger partial charge < -0.3 is 10.4 Å². The first-order chi connectivity index (χ1) is 23.3. The molecule has 0 bridgehead atoms. The van der Waals surface area contributed by atoms with Gasteiger partial charge >= 0.3 is 0 Å². The smallest absolute Gasteiger partial charge is 0.267 e. The van der Waals surface area contributed by atoms with Crippen LogP contribution in [0, 0.1) is 0 Å². The summed E-state index contributed by atoms with van der Waals surface area (Å²) in [5.41, 5.74) is 0. The Morgan fingerprint density at radius 1 is 0.542 bits per heavy atom. The van der Waals surface area contributed by atoms with E-state index in [0.717, 1.165) is 38.5 Å². The third kappa shape index (κ3) is 36.4. The molecule has 0 aliphatic heterocycles. The maximum Gasteiger partial charge on any atom is 0.267 e. The van der Waals surface area contributed by atoms with Crippen LogP contribution in [-0.2, 0) is 14.9 Å². The number of nitrogens with one attached hydrogen (secondary N) is 1. The fourth-order valence-electron chi connectivity index (χ4n) is 6.57. The molecule has 6 nitrogen and oxygen atoms in total. The highest BCUT2D eigenvalue weighted by Gasteiger charge is 2.24. The van der Waals surface area contributed by atoms with Crippen molar-refractivity contribution >= 4 is 16.0 Å². The maximum atomic E-state index is 12.5. The van der Waals surface area contributed by atoms with Crippen LogP contribution in [0.15, 0.2) is 12.2 Å². The van der Waals surface area contributed by atoms with Crippen molar-refractivity contribution in [3.05, 3.63) is 12.2 Å². The van der Waals surface area contributed by atoms with Gasteiger partial charge in [-0.15, -0.1) is 0 Å². The van der Waals surface area contributed by atoms with Crippen LogP contribution in [0.25, 0.3) is 0 Å². The van der Waals surface area contributed by atoms with E-state index in [1.54, 1.807) is 6.08 Å². The minimum absolute atomic E-state index is 0.274. The Morgan fingerprint density at radius 2 is 0.854 bits per heavy atom. The lowest BCUT2D eigenvalue weighted by Crippen LogP contribution is -2.46. The molecule has 0 radical (unpaired) electrons. The van der Waals surface area contributed by atoms with E-state index in [-0.39, 0.29) is 5.91 Å². The van der Waals surface area contributed by atoms with E-state index in [1.165, 1.54) is 167 Å². The molecule has 0 spiro atoms. The summed E-state index contributed by atoms with van der Waals surface area (Å²) in [4.78, 5) is 12.5. The predicted octanol–water partition coefficient (Wildman–Crippen LogP) is 12.2. The molecule has 0 aromatic carbocycles. The van der Waals surface area contributed by atoms with E-state index in [4.69, 9.17) is 0 Å². The zero-order valence-corrected chi connectivity index (χ0v) is 32.7. The molecule has 0 saturated carbocycles. The SMILES string of the molecule is CCCCCCCCCCCCCCC/C=C/C(O)C(CS(=O)(=O)O)NC(=O)CCCCCCCCCCCCCCCCCCCC. The molecule has 0 rings (SSSR count). The number of rotatable bonds is 38. The Labute approximate surface area is 299 Å². The van der Waals surface area contributed by atoms with Gasteiger partial charge in [-0.1, -0.05) is 212 Å². The fraction of sp³-hybridized carbons (Fsp3) is 0.927. The van der Waals surface area contributed by atoms with Crippen molar-refractivity contribution < 1.29 is 22.9 Å². The second kappa shape index (κ2) is 35.9. The second-order valence-electron chi connectivity index (χ2n) is 14.6. The summed E-state index contributed by atoms with van der Waals surface area (Å²) in [6.45, 7) is 4.53. The van der Waals surface area contributed by atoms with Crippen molar-refractivity contribution in [3.8, 4) is 0 Å². The van der Waals surface area contributed by atoms with Gasteiger partial charge in [0.05, 0.1) is 17.9 Å². The van der Waals surface area contributed by atoms with Crippen LogP contribution in [0.1, 0.15) is 226 Å². The minimum atomic E-state index is -4.34. The molecule has 1 amide bonds. The van der Waals surface area contributed by atoms with Gasteiger partial charge in [-0.05, 0) is 19.3 Å². The molecule has 48 heavy (non-hydrogen) atoms. The predicted molar refractivity (Wildman–Crippen MR) is 207 cm³/mol. The summed E-state index contributed by atoms with van der Waals surface area (Å²) in [5.74, 6) is -0.966. The van der Waals surface area contributed by atoms with E-state index < -0.39 is 28.0 Å². The van der Waals surface area contributed by atoms with Crippen LogP contribution in [0.5, 0.6) is 0 Å². The van der Waals surface area contributed by atoms with Gasteiger partial charge in [0.1, 0.15) is 0 Å². The van der Waals surface area contributed by atoms with Crippen molar-refractivity contribution in [2.45, 2.75) is 238 Å². The van der Waals surface area contributed by atoms with Crippen LogP contribution in [-0.4, -0.2) is 41.9 Å². The number of allylic oxidation sites excluding steroid dienone is 1. The summed E-state index contributed by atoms with van der Waals surface area (Å²) in [6, 6.07) is -1.05. The van der Waals surface area contributed by atoms with E-state index in [2.05, 4.69) is 19.2 Å². The Hall–Kier alpha value is -0.920. The molecule has 286 valence electrons. The zero-order chi connectivity index (χ0) is 35.4. The molecule has 7 heteroatoms. The highest BCUT2D eigenvalue weighted by molar-refractivity contribution is 7.85.